The van der Waals surface area contributed by atoms with Crippen molar-refractivity contribution in [1.29, 1.82) is 0 Å². The van der Waals surface area contributed by atoms with Gasteiger partial charge in [0.2, 0.25) is 5.91 Å². The molecule has 1 aromatic carbocycles. The van der Waals surface area contributed by atoms with Crippen LogP contribution in [-0.4, -0.2) is 25.5 Å². The normalized spacial score (nSPS) is 17.8. The maximum absolute atomic E-state index is 11.9. The Morgan fingerprint density at radius 1 is 1.30 bits per heavy atom. The lowest BCUT2D eigenvalue weighted by Crippen LogP contribution is -2.29. The first-order valence-electron chi connectivity index (χ1n) is 7.72. The highest BCUT2D eigenvalue weighted by atomic mass is 127. The fourth-order valence-corrected chi connectivity index (χ4v) is 3.19. The summed E-state index contributed by atoms with van der Waals surface area (Å²) in [5, 5.41) is 2.98. The van der Waals surface area contributed by atoms with Gasteiger partial charge in [-0.25, -0.2) is 0 Å². The molecule has 2 aromatic rings. The van der Waals surface area contributed by atoms with Crippen molar-refractivity contribution in [3.63, 3.8) is 0 Å². The van der Waals surface area contributed by atoms with Gasteiger partial charge in [0.05, 0.1) is 0 Å². The number of carbonyl (C=O) groups excluding carboxylic acids is 1. The smallest absolute Gasteiger partial charge is 0.244 e. The molecule has 1 aliphatic rings. The lowest BCUT2D eigenvalue weighted by Gasteiger charge is -2.18. The van der Waals surface area contributed by atoms with Crippen LogP contribution in [-0.2, 0) is 4.79 Å². The summed E-state index contributed by atoms with van der Waals surface area (Å²) in [4.78, 5) is 14.2. The van der Waals surface area contributed by atoms with E-state index in [1.54, 1.807) is 6.08 Å². The molecular weight excluding hydrogens is 403 g/mol. The summed E-state index contributed by atoms with van der Waals surface area (Å²) in [6.07, 6.45) is 4.33. The minimum Gasteiger partial charge on any atom is -0.451 e. The summed E-state index contributed by atoms with van der Waals surface area (Å²) >= 11 is 2.10. The van der Waals surface area contributed by atoms with Crippen LogP contribution in [0.5, 0.6) is 0 Å². The Bertz CT molecular complexity index is 681. The Hall–Kier alpha value is -1.76. The van der Waals surface area contributed by atoms with E-state index in [0.717, 1.165) is 23.3 Å². The van der Waals surface area contributed by atoms with Crippen molar-refractivity contribution in [3.8, 4) is 0 Å². The predicted octanol–water partition coefficient (Wildman–Crippen LogP) is 3.54. The van der Waals surface area contributed by atoms with Gasteiger partial charge >= 0.3 is 0 Å². The number of halogens is 1. The molecule has 1 saturated heterocycles. The zero-order valence-corrected chi connectivity index (χ0v) is 14.9. The molecule has 0 radical (unpaired) electrons. The van der Waals surface area contributed by atoms with E-state index in [1.807, 2.05) is 18.2 Å². The molecule has 1 fully saturated rings. The summed E-state index contributed by atoms with van der Waals surface area (Å²) < 4.78 is 6.20. The Morgan fingerprint density at radius 2 is 2.13 bits per heavy atom. The molecule has 0 saturated carbocycles. The van der Waals surface area contributed by atoms with Crippen molar-refractivity contribution in [2.24, 2.45) is 5.92 Å². The van der Waals surface area contributed by atoms with Crippen molar-refractivity contribution >= 4 is 40.3 Å². The number of hydrogen-bond donors (Lipinski definition) is 1. The number of hydrogen-bond acceptors (Lipinski definition) is 3. The fraction of sp³-hybridized carbons (Fsp3) is 0.278. The number of rotatable bonds is 5. The van der Waals surface area contributed by atoms with E-state index >= 15 is 0 Å². The zero-order valence-electron chi connectivity index (χ0n) is 12.7. The van der Waals surface area contributed by atoms with E-state index in [1.165, 1.54) is 11.8 Å². The highest BCUT2D eigenvalue weighted by molar-refractivity contribution is 14.1. The quantitative estimate of drug-likeness (QED) is 0.593. The van der Waals surface area contributed by atoms with Gasteiger partial charge < -0.3 is 14.6 Å². The Morgan fingerprint density at radius 3 is 2.87 bits per heavy atom. The average molecular weight is 422 g/mol. The van der Waals surface area contributed by atoms with Crippen LogP contribution in [0.15, 0.2) is 53.0 Å². The van der Waals surface area contributed by atoms with E-state index in [-0.39, 0.29) is 5.91 Å². The molecule has 1 atom stereocenters. The maximum Gasteiger partial charge on any atom is 0.244 e. The first-order valence-corrected chi connectivity index (χ1v) is 8.80. The summed E-state index contributed by atoms with van der Waals surface area (Å²) in [6.45, 7) is 2.75. The molecule has 0 aliphatic carbocycles. The third-order valence-electron chi connectivity index (χ3n) is 3.97. The topological polar surface area (TPSA) is 45.5 Å². The first-order chi connectivity index (χ1) is 11.2. The third kappa shape index (κ3) is 4.60. The van der Waals surface area contributed by atoms with Crippen molar-refractivity contribution in [2.75, 3.05) is 24.5 Å². The van der Waals surface area contributed by atoms with E-state index in [9.17, 15) is 4.79 Å². The standard InChI is InChI=1S/C18H19IN2O2/c19-17-8-6-16(23-17)7-9-18(22)20-12-14-10-11-21(13-14)15-4-2-1-3-5-15/h1-9,14H,10-13H2,(H,20,22). The van der Waals surface area contributed by atoms with Crippen LogP contribution in [0, 0.1) is 9.68 Å². The van der Waals surface area contributed by atoms with Crippen molar-refractivity contribution in [2.45, 2.75) is 6.42 Å². The molecule has 5 heteroatoms. The minimum atomic E-state index is -0.0745. The molecule has 3 rings (SSSR count). The number of nitrogens with zero attached hydrogens (tertiary/aromatic N) is 1. The fourth-order valence-electron chi connectivity index (χ4n) is 2.75. The summed E-state index contributed by atoms with van der Waals surface area (Å²) in [6, 6.07) is 14.1. The van der Waals surface area contributed by atoms with Gasteiger partial charge in [0.1, 0.15) is 5.76 Å². The lowest BCUT2D eigenvalue weighted by atomic mass is 10.1. The van der Waals surface area contributed by atoms with Gasteiger partial charge in [0.15, 0.2) is 3.77 Å². The SMILES string of the molecule is O=C(C=Cc1ccc(I)o1)NCC1CCN(c2ccccc2)C1. The van der Waals surface area contributed by atoms with Crippen molar-refractivity contribution in [3.05, 3.63) is 58.1 Å². The molecule has 23 heavy (non-hydrogen) atoms. The summed E-state index contributed by atoms with van der Waals surface area (Å²) in [7, 11) is 0. The van der Waals surface area contributed by atoms with Gasteiger partial charge in [0.25, 0.3) is 0 Å². The average Bonchev–Trinajstić information content (AvgIpc) is 3.21. The number of benzene rings is 1. The second-order valence-electron chi connectivity index (χ2n) is 5.66. The number of anilines is 1. The first kappa shape index (κ1) is 16.1. The molecule has 2 heterocycles. The van der Waals surface area contributed by atoms with Gasteiger partial charge in [-0.1, -0.05) is 18.2 Å². The number of carbonyl (C=O) groups is 1. The summed E-state index contributed by atoms with van der Waals surface area (Å²) in [5.74, 6) is 1.12. The highest BCUT2D eigenvalue weighted by Gasteiger charge is 2.22. The Balaban J connectivity index is 1.44. The van der Waals surface area contributed by atoms with Crippen LogP contribution in [0.25, 0.3) is 6.08 Å². The Kier molecular flexibility index (Phi) is 5.38. The molecule has 1 aromatic heterocycles. The van der Waals surface area contributed by atoms with Gasteiger partial charge in [-0.15, -0.1) is 0 Å². The van der Waals surface area contributed by atoms with Crippen molar-refractivity contribution < 1.29 is 9.21 Å². The van der Waals surface area contributed by atoms with Crippen LogP contribution >= 0.6 is 22.6 Å². The lowest BCUT2D eigenvalue weighted by molar-refractivity contribution is -0.116. The molecule has 1 N–H and O–H groups in total. The summed E-state index contributed by atoms with van der Waals surface area (Å²) in [5.41, 5.74) is 1.26. The number of para-hydroxylation sites is 1. The van der Waals surface area contributed by atoms with E-state index in [2.05, 4.69) is 57.1 Å². The molecule has 0 spiro atoms. The highest BCUT2D eigenvalue weighted by Crippen LogP contribution is 2.22. The number of furan rings is 1. The second kappa shape index (κ2) is 7.68. The van der Waals surface area contributed by atoms with Crippen LogP contribution < -0.4 is 10.2 Å². The number of amides is 1. The Labute approximate surface area is 149 Å². The van der Waals surface area contributed by atoms with Gasteiger partial charge in [0, 0.05) is 31.4 Å². The van der Waals surface area contributed by atoms with Crippen LogP contribution in [0.2, 0.25) is 0 Å². The molecular formula is C18H19IN2O2. The monoisotopic (exact) mass is 422 g/mol. The van der Waals surface area contributed by atoms with Crippen LogP contribution in [0.4, 0.5) is 5.69 Å². The van der Waals surface area contributed by atoms with Gasteiger partial charge in [-0.3, -0.25) is 4.79 Å². The molecule has 1 unspecified atom stereocenters. The maximum atomic E-state index is 11.9. The molecule has 120 valence electrons. The van der Waals surface area contributed by atoms with Crippen LogP contribution in [0.3, 0.4) is 0 Å². The third-order valence-corrected chi connectivity index (χ3v) is 4.54. The number of nitrogens with one attached hydrogen (secondary N) is 1. The largest absolute Gasteiger partial charge is 0.451 e. The molecule has 0 bridgehead atoms. The molecule has 1 amide bonds. The van der Waals surface area contributed by atoms with E-state index in [0.29, 0.717) is 18.2 Å². The predicted molar refractivity (Wildman–Crippen MR) is 100 cm³/mol. The van der Waals surface area contributed by atoms with E-state index in [4.69, 9.17) is 4.42 Å². The zero-order chi connectivity index (χ0) is 16.1. The van der Waals surface area contributed by atoms with Gasteiger partial charge in [-0.05, 0) is 65.3 Å². The second-order valence-corrected chi connectivity index (χ2v) is 6.72. The van der Waals surface area contributed by atoms with E-state index < -0.39 is 0 Å². The molecule has 4 nitrogen and oxygen atoms in total. The van der Waals surface area contributed by atoms with Crippen LogP contribution in [0.1, 0.15) is 12.2 Å². The minimum absolute atomic E-state index is 0.0745. The molecule has 1 aliphatic heterocycles. The van der Waals surface area contributed by atoms with Crippen molar-refractivity contribution in [1.82, 2.24) is 5.32 Å². The van der Waals surface area contributed by atoms with Gasteiger partial charge in [-0.2, -0.15) is 0 Å².